The highest BCUT2D eigenvalue weighted by Gasteiger charge is 2.14. The Labute approximate surface area is 125 Å². The van der Waals surface area contributed by atoms with Gasteiger partial charge < -0.3 is 10.1 Å². The van der Waals surface area contributed by atoms with Crippen LogP contribution in [0.25, 0.3) is 10.9 Å². The summed E-state index contributed by atoms with van der Waals surface area (Å²) in [6, 6.07) is 11.7. The molecule has 3 aromatic rings. The average Bonchev–Trinajstić information content (AvgIpc) is 2.81. The van der Waals surface area contributed by atoms with Gasteiger partial charge in [0.15, 0.2) is 5.69 Å². The maximum Gasteiger partial charge on any atom is 0.270 e. The Bertz CT molecular complexity index is 899. The lowest BCUT2D eigenvalue weighted by atomic mass is 10.2. The average molecular weight is 296 g/mol. The number of non-ortho nitro benzene ring substituents is 1. The molecular formula is C15H12N4O3. The summed E-state index contributed by atoms with van der Waals surface area (Å²) >= 11 is 0. The normalized spacial score (nSPS) is 11.3. The van der Waals surface area contributed by atoms with Crippen LogP contribution in [0.15, 0.2) is 52.7 Å². The Kier molecular flexibility index (Phi) is 3.30. The van der Waals surface area contributed by atoms with Gasteiger partial charge in [0.25, 0.3) is 5.69 Å². The number of nitro groups is 1. The lowest BCUT2D eigenvalue weighted by Crippen LogP contribution is -1.86. The van der Waals surface area contributed by atoms with Crippen LogP contribution in [-0.2, 0) is 0 Å². The molecule has 7 nitrogen and oxygen atoms in total. The predicted molar refractivity (Wildman–Crippen MR) is 82.0 cm³/mol. The molecule has 0 bridgehead atoms. The van der Waals surface area contributed by atoms with E-state index < -0.39 is 4.92 Å². The van der Waals surface area contributed by atoms with Gasteiger partial charge in [0.1, 0.15) is 0 Å². The smallest absolute Gasteiger partial charge is 0.270 e. The molecule has 0 saturated carbocycles. The fourth-order valence-electron chi connectivity index (χ4n) is 2.15. The van der Waals surface area contributed by atoms with Crippen molar-refractivity contribution >= 4 is 28.0 Å². The van der Waals surface area contributed by atoms with Crippen molar-refractivity contribution in [2.75, 3.05) is 0 Å². The maximum atomic E-state index is 10.9. The zero-order chi connectivity index (χ0) is 15.7. The lowest BCUT2D eigenvalue weighted by molar-refractivity contribution is -0.384. The summed E-state index contributed by atoms with van der Waals surface area (Å²) in [5.41, 5.74) is 2.28. The third kappa shape index (κ3) is 2.39. The molecule has 2 aromatic carbocycles. The Morgan fingerprint density at radius 1 is 1.18 bits per heavy atom. The molecule has 0 spiro atoms. The maximum absolute atomic E-state index is 10.9. The predicted octanol–water partition coefficient (Wildman–Crippen LogP) is 4.51. The molecule has 110 valence electrons. The molecule has 0 radical (unpaired) electrons. The highest BCUT2D eigenvalue weighted by molar-refractivity contribution is 5.95. The molecule has 3 rings (SSSR count). The number of nitrogens with one attached hydrogen (secondary N) is 1. The number of hydrogen-bond acceptors (Lipinski definition) is 5. The van der Waals surface area contributed by atoms with Crippen LogP contribution in [0.5, 0.6) is 5.88 Å². The number of nitro benzene ring substituents is 1. The number of rotatable bonds is 3. The number of aromatic hydroxyl groups is 1. The fourth-order valence-corrected chi connectivity index (χ4v) is 2.15. The second-order valence-electron chi connectivity index (χ2n) is 4.80. The molecule has 1 heterocycles. The van der Waals surface area contributed by atoms with Crippen LogP contribution in [-0.4, -0.2) is 15.0 Å². The molecular weight excluding hydrogens is 284 g/mol. The summed E-state index contributed by atoms with van der Waals surface area (Å²) in [6.07, 6.45) is 0. The van der Waals surface area contributed by atoms with Crippen molar-refractivity contribution in [1.82, 2.24) is 4.98 Å². The Morgan fingerprint density at radius 3 is 2.68 bits per heavy atom. The van der Waals surface area contributed by atoms with E-state index in [0.29, 0.717) is 16.6 Å². The van der Waals surface area contributed by atoms with Crippen LogP contribution < -0.4 is 0 Å². The SMILES string of the molecule is Cc1ccccc1N=Nc1c(O)[nH]c2ccc([N+](=O)[O-])cc12. The van der Waals surface area contributed by atoms with Crippen molar-refractivity contribution in [3.63, 3.8) is 0 Å². The molecule has 0 aliphatic heterocycles. The number of nitrogens with zero attached hydrogens (tertiary/aromatic N) is 3. The first kappa shape index (κ1) is 13.7. The molecule has 0 fully saturated rings. The number of benzene rings is 2. The fraction of sp³-hybridized carbons (Fsp3) is 0.0667. The van der Waals surface area contributed by atoms with Crippen molar-refractivity contribution in [2.45, 2.75) is 6.92 Å². The van der Waals surface area contributed by atoms with Gasteiger partial charge in [0.05, 0.1) is 16.1 Å². The van der Waals surface area contributed by atoms with Gasteiger partial charge in [0.2, 0.25) is 5.88 Å². The summed E-state index contributed by atoms with van der Waals surface area (Å²) in [4.78, 5) is 13.1. The van der Waals surface area contributed by atoms with Gasteiger partial charge in [-0.05, 0) is 24.6 Å². The summed E-state index contributed by atoms with van der Waals surface area (Å²) in [5.74, 6) is -0.173. The van der Waals surface area contributed by atoms with E-state index in [4.69, 9.17) is 0 Å². The topological polar surface area (TPSA) is 104 Å². The second kappa shape index (κ2) is 5.28. The number of aromatic nitrogens is 1. The van der Waals surface area contributed by atoms with Crippen LogP contribution >= 0.6 is 0 Å². The first-order valence-corrected chi connectivity index (χ1v) is 6.52. The number of aromatic amines is 1. The number of hydrogen-bond donors (Lipinski definition) is 2. The number of fused-ring (bicyclic) bond motifs is 1. The Balaban J connectivity index is 2.10. The van der Waals surface area contributed by atoms with E-state index in [2.05, 4.69) is 15.2 Å². The zero-order valence-corrected chi connectivity index (χ0v) is 11.6. The van der Waals surface area contributed by atoms with Crippen molar-refractivity contribution in [2.24, 2.45) is 10.2 Å². The highest BCUT2D eigenvalue weighted by Crippen LogP contribution is 2.38. The van der Waals surface area contributed by atoms with Gasteiger partial charge >= 0.3 is 0 Å². The van der Waals surface area contributed by atoms with Gasteiger partial charge in [-0.1, -0.05) is 18.2 Å². The van der Waals surface area contributed by atoms with Crippen LogP contribution in [0.1, 0.15) is 5.56 Å². The highest BCUT2D eigenvalue weighted by atomic mass is 16.6. The minimum absolute atomic E-state index is 0.0705. The number of aryl methyl sites for hydroxylation is 1. The molecule has 0 saturated heterocycles. The van der Waals surface area contributed by atoms with Gasteiger partial charge in [-0.3, -0.25) is 10.1 Å². The van der Waals surface area contributed by atoms with Crippen LogP contribution in [0.4, 0.5) is 17.1 Å². The van der Waals surface area contributed by atoms with E-state index in [-0.39, 0.29) is 17.3 Å². The zero-order valence-electron chi connectivity index (χ0n) is 11.6. The number of azo groups is 1. The lowest BCUT2D eigenvalue weighted by Gasteiger charge is -1.97. The molecule has 7 heteroatoms. The molecule has 0 unspecified atom stereocenters. The van der Waals surface area contributed by atoms with Crippen LogP contribution in [0, 0.1) is 17.0 Å². The van der Waals surface area contributed by atoms with Crippen molar-refractivity contribution in [1.29, 1.82) is 0 Å². The minimum Gasteiger partial charge on any atom is -0.493 e. The van der Waals surface area contributed by atoms with E-state index in [1.54, 1.807) is 6.07 Å². The Morgan fingerprint density at radius 2 is 1.95 bits per heavy atom. The van der Waals surface area contributed by atoms with E-state index in [1.807, 2.05) is 25.1 Å². The minimum atomic E-state index is -0.494. The molecule has 0 amide bonds. The summed E-state index contributed by atoms with van der Waals surface area (Å²) in [7, 11) is 0. The quantitative estimate of drug-likeness (QED) is 0.422. The third-order valence-electron chi connectivity index (χ3n) is 3.32. The molecule has 0 aliphatic carbocycles. The molecule has 1 aromatic heterocycles. The van der Waals surface area contributed by atoms with Crippen molar-refractivity contribution in [3.05, 3.63) is 58.1 Å². The third-order valence-corrected chi connectivity index (χ3v) is 3.32. The van der Waals surface area contributed by atoms with Gasteiger partial charge in [0, 0.05) is 17.5 Å². The largest absolute Gasteiger partial charge is 0.493 e. The van der Waals surface area contributed by atoms with Crippen molar-refractivity contribution < 1.29 is 10.0 Å². The van der Waals surface area contributed by atoms with Gasteiger partial charge in [-0.2, -0.15) is 5.11 Å². The summed E-state index contributed by atoms with van der Waals surface area (Å²) in [5, 5.41) is 29.4. The van der Waals surface area contributed by atoms with Gasteiger partial charge in [-0.25, -0.2) is 0 Å². The van der Waals surface area contributed by atoms with E-state index >= 15 is 0 Å². The monoisotopic (exact) mass is 296 g/mol. The van der Waals surface area contributed by atoms with E-state index in [1.165, 1.54) is 18.2 Å². The first-order chi connectivity index (χ1) is 10.6. The standard InChI is InChI=1S/C15H12N4O3/c1-9-4-2-3-5-12(9)17-18-14-11-8-10(19(21)22)6-7-13(11)16-15(14)20/h2-8,16,20H,1H3. The van der Waals surface area contributed by atoms with Crippen LogP contribution in [0.3, 0.4) is 0 Å². The first-order valence-electron chi connectivity index (χ1n) is 6.52. The Hall–Kier alpha value is -3.22. The molecule has 0 aliphatic rings. The van der Waals surface area contributed by atoms with Crippen LogP contribution in [0.2, 0.25) is 0 Å². The molecule has 0 atom stereocenters. The van der Waals surface area contributed by atoms with Crippen molar-refractivity contribution in [3.8, 4) is 5.88 Å². The summed E-state index contributed by atoms with van der Waals surface area (Å²) < 4.78 is 0. The molecule has 2 N–H and O–H groups in total. The second-order valence-corrected chi connectivity index (χ2v) is 4.80. The van der Waals surface area contributed by atoms with Gasteiger partial charge in [-0.15, -0.1) is 5.11 Å². The number of H-pyrrole nitrogens is 1. The summed E-state index contributed by atoms with van der Waals surface area (Å²) in [6.45, 7) is 1.90. The van der Waals surface area contributed by atoms with E-state index in [0.717, 1.165) is 5.56 Å². The van der Waals surface area contributed by atoms with E-state index in [9.17, 15) is 15.2 Å². The molecule has 22 heavy (non-hydrogen) atoms.